The van der Waals surface area contributed by atoms with Crippen LogP contribution in [0.1, 0.15) is 18.7 Å². The fourth-order valence-corrected chi connectivity index (χ4v) is 6.26. The smallest absolute Gasteiger partial charge is 0.263 e. The number of anilines is 2. The summed E-state index contributed by atoms with van der Waals surface area (Å²) < 4.78 is 33.3. The predicted octanol–water partition coefficient (Wildman–Crippen LogP) is 4.89. The second kappa shape index (κ2) is 11.7. The number of pyridine rings is 3. The Labute approximate surface area is 261 Å². The molecule has 228 valence electrons. The first kappa shape index (κ1) is 29.8. The average Bonchev–Trinajstić information content (AvgIpc) is 3.02. The number of benzene rings is 2. The van der Waals surface area contributed by atoms with Crippen molar-refractivity contribution in [1.29, 1.82) is 0 Å². The Hall–Kier alpha value is -5.27. The van der Waals surface area contributed by atoms with E-state index in [0.717, 1.165) is 6.26 Å². The van der Waals surface area contributed by atoms with Crippen LogP contribution in [0.25, 0.3) is 38.6 Å². The summed E-state index contributed by atoms with van der Waals surface area (Å²) >= 11 is 7.18. The topological polar surface area (TPSA) is 161 Å². The van der Waals surface area contributed by atoms with Gasteiger partial charge in [0, 0.05) is 35.1 Å². The molecule has 1 atom stereocenters. The largest absolute Gasteiger partial charge is 0.480 e. The zero-order valence-electron chi connectivity index (χ0n) is 24.2. The van der Waals surface area contributed by atoms with Gasteiger partial charge in [-0.1, -0.05) is 48.0 Å². The molecule has 4 heterocycles. The molecule has 0 aliphatic rings. The van der Waals surface area contributed by atoms with Gasteiger partial charge in [0.05, 0.1) is 35.5 Å². The van der Waals surface area contributed by atoms with Gasteiger partial charge in [0.25, 0.3) is 5.56 Å². The molecular formula is C31H26ClN7O5S. The predicted molar refractivity (Wildman–Crippen MR) is 175 cm³/mol. The number of fused-ring (bicyclic) bond motifs is 2. The van der Waals surface area contributed by atoms with E-state index < -0.39 is 16.1 Å². The van der Waals surface area contributed by atoms with Gasteiger partial charge in [0.15, 0.2) is 5.43 Å². The molecule has 0 radical (unpaired) electrons. The van der Waals surface area contributed by atoms with Crippen LogP contribution in [0.4, 0.5) is 11.5 Å². The monoisotopic (exact) mass is 643 g/mol. The van der Waals surface area contributed by atoms with E-state index in [9.17, 15) is 18.0 Å². The number of aromatic amines is 1. The van der Waals surface area contributed by atoms with Crippen LogP contribution in [-0.2, 0) is 10.0 Å². The number of aromatic nitrogens is 5. The van der Waals surface area contributed by atoms with Crippen LogP contribution in [-0.4, -0.2) is 46.3 Å². The van der Waals surface area contributed by atoms with Crippen LogP contribution in [0.15, 0.2) is 89.0 Å². The number of rotatable bonds is 8. The summed E-state index contributed by atoms with van der Waals surface area (Å²) in [5, 5.41) is 4.59. The van der Waals surface area contributed by atoms with Gasteiger partial charge < -0.3 is 15.0 Å². The molecule has 0 aliphatic heterocycles. The number of nitrogens with one attached hydrogen (secondary N) is 3. The highest BCUT2D eigenvalue weighted by Crippen LogP contribution is 2.38. The maximum absolute atomic E-state index is 14.6. The summed E-state index contributed by atoms with van der Waals surface area (Å²) in [6.07, 6.45) is 5.36. The van der Waals surface area contributed by atoms with E-state index in [1.54, 1.807) is 36.4 Å². The van der Waals surface area contributed by atoms with E-state index in [1.807, 2.05) is 25.1 Å². The van der Waals surface area contributed by atoms with E-state index in [2.05, 4.69) is 30.0 Å². The van der Waals surface area contributed by atoms with Crippen LogP contribution in [0.5, 0.6) is 5.88 Å². The molecule has 0 spiro atoms. The minimum Gasteiger partial charge on any atom is -0.480 e. The number of methoxy groups -OCH3 is 1. The molecule has 0 saturated heterocycles. The van der Waals surface area contributed by atoms with Crippen LogP contribution in [0.3, 0.4) is 0 Å². The third kappa shape index (κ3) is 5.58. The lowest BCUT2D eigenvalue weighted by Crippen LogP contribution is -2.27. The maximum atomic E-state index is 14.6. The maximum Gasteiger partial charge on any atom is 0.263 e. The van der Waals surface area contributed by atoms with Gasteiger partial charge >= 0.3 is 0 Å². The van der Waals surface area contributed by atoms with Crippen molar-refractivity contribution in [2.75, 3.05) is 23.4 Å². The summed E-state index contributed by atoms with van der Waals surface area (Å²) in [6, 6.07) is 16.6. The minimum absolute atomic E-state index is 0.0717. The molecule has 0 bridgehead atoms. The van der Waals surface area contributed by atoms with Gasteiger partial charge in [-0.05, 0) is 30.7 Å². The highest BCUT2D eigenvalue weighted by Gasteiger charge is 2.25. The van der Waals surface area contributed by atoms with Crippen molar-refractivity contribution in [3.63, 3.8) is 0 Å². The molecular weight excluding hydrogens is 618 g/mol. The lowest BCUT2D eigenvalue weighted by molar-refractivity contribution is 0.400. The number of hydrogen-bond donors (Lipinski definition) is 3. The number of para-hydroxylation sites is 1. The average molecular weight is 644 g/mol. The summed E-state index contributed by atoms with van der Waals surface area (Å²) in [5.41, 5.74) is 1.77. The SMILES string of the molecule is COc1ncc(-c2cccc3c(Cl)c(C(C)Nc4ncnc5[nH]ccc(=O)c45)n(-c4ccccc4)c(=O)c23)cc1NS(C)(=O)=O. The second-order valence-electron chi connectivity index (χ2n) is 10.2. The normalized spacial score (nSPS) is 12.3. The highest BCUT2D eigenvalue weighted by molar-refractivity contribution is 7.92. The van der Waals surface area contributed by atoms with E-state index >= 15 is 0 Å². The van der Waals surface area contributed by atoms with E-state index in [-0.39, 0.29) is 33.8 Å². The summed E-state index contributed by atoms with van der Waals surface area (Å²) in [7, 11) is -2.28. The fourth-order valence-electron chi connectivity index (χ4n) is 5.31. The molecule has 0 amide bonds. The van der Waals surface area contributed by atoms with E-state index in [4.69, 9.17) is 16.3 Å². The van der Waals surface area contributed by atoms with E-state index in [1.165, 1.54) is 36.5 Å². The number of H-pyrrole nitrogens is 1. The molecule has 3 N–H and O–H groups in total. The highest BCUT2D eigenvalue weighted by atomic mass is 35.5. The van der Waals surface area contributed by atoms with Crippen LogP contribution < -0.4 is 25.8 Å². The fraction of sp³-hybridized carbons (Fsp3) is 0.129. The minimum atomic E-state index is -3.66. The molecule has 14 heteroatoms. The summed E-state index contributed by atoms with van der Waals surface area (Å²) in [5.74, 6) is 0.351. The van der Waals surface area contributed by atoms with Gasteiger partial charge in [0.1, 0.15) is 28.9 Å². The first-order valence-electron chi connectivity index (χ1n) is 13.6. The third-order valence-electron chi connectivity index (χ3n) is 7.16. The Morgan fingerprint density at radius 2 is 1.78 bits per heavy atom. The number of ether oxygens (including phenoxy) is 1. The molecule has 12 nitrogen and oxygen atoms in total. The zero-order valence-corrected chi connectivity index (χ0v) is 25.8. The third-order valence-corrected chi connectivity index (χ3v) is 8.15. The number of nitrogens with zero attached hydrogens (tertiary/aromatic N) is 4. The molecule has 45 heavy (non-hydrogen) atoms. The zero-order chi connectivity index (χ0) is 31.9. The van der Waals surface area contributed by atoms with Crippen molar-refractivity contribution < 1.29 is 13.2 Å². The summed E-state index contributed by atoms with van der Waals surface area (Å²) in [6.45, 7) is 1.82. The van der Waals surface area contributed by atoms with Gasteiger partial charge in [-0.3, -0.25) is 18.9 Å². The summed E-state index contributed by atoms with van der Waals surface area (Å²) in [4.78, 5) is 43.0. The first-order chi connectivity index (χ1) is 21.6. The number of hydrogen-bond acceptors (Lipinski definition) is 9. The van der Waals surface area contributed by atoms with Crippen molar-refractivity contribution >= 4 is 54.9 Å². The quantitative estimate of drug-likeness (QED) is 0.210. The molecule has 1 unspecified atom stereocenters. The standard InChI is InChI=1S/C31H26ClN7O5S/c1-17(37-29-25-23(40)12-13-33-28(25)35-16-36-29)27-26(32)21-11-7-10-20(24(21)31(41)39(27)19-8-5-4-6-9-19)18-14-22(38-45(3,42)43)30(44-2)34-15-18/h4-17,38H,1-3H3,(H2,33,35,36,37,40). The molecule has 2 aromatic carbocycles. The van der Waals surface area contributed by atoms with Crippen LogP contribution >= 0.6 is 11.6 Å². The van der Waals surface area contributed by atoms with Gasteiger partial charge in [0.2, 0.25) is 15.9 Å². The van der Waals surface area contributed by atoms with Crippen molar-refractivity contribution in [3.8, 4) is 22.7 Å². The van der Waals surface area contributed by atoms with Gasteiger partial charge in [-0.25, -0.2) is 23.4 Å². The number of sulfonamides is 1. The second-order valence-corrected chi connectivity index (χ2v) is 12.3. The molecule has 0 aliphatic carbocycles. The van der Waals surface area contributed by atoms with Crippen molar-refractivity contribution in [3.05, 3.63) is 111 Å². The molecule has 0 fully saturated rings. The Kier molecular flexibility index (Phi) is 7.73. The van der Waals surface area contributed by atoms with Crippen molar-refractivity contribution in [2.45, 2.75) is 13.0 Å². The van der Waals surface area contributed by atoms with Crippen molar-refractivity contribution in [1.82, 2.24) is 24.5 Å². The molecule has 0 saturated carbocycles. The Bertz CT molecular complexity index is 2320. The van der Waals surface area contributed by atoms with Crippen molar-refractivity contribution in [2.24, 2.45) is 0 Å². The van der Waals surface area contributed by atoms with Gasteiger partial charge in [-0.2, -0.15) is 0 Å². The van der Waals surface area contributed by atoms with Gasteiger partial charge in [-0.15, -0.1) is 0 Å². The van der Waals surface area contributed by atoms with Crippen LogP contribution in [0, 0.1) is 0 Å². The lowest BCUT2D eigenvalue weighted by Gasteiger charge is -2.24. The van der Waals surface area contributed by atoms with Crippen LogP contribution in [0.2, 0.25) is 5.02 Å². The lowest BCUT2D eigenvalue weighted by atomic mass is 9.98. The molecule has 6 rings (SSSR count). The number of halogens is 1. The molecule has 4 aromatic heterocycles. The first-order valence-corrected chi connectivity index (χ1v) is 15.9. The Balaban J connectivity index is 1.60. The Morgan fingerprint density at radius 3 is 2.51 bits per heavy atom. The molecule has 6 aromatic rings. The Morgan fingerprint density at radius 1 is 1.00 bits per heavy atom. The van der Waals surface area contributed by atoms with E-state index in [0.29, 0.717) is 44.0 Å².